The third-order valence-electron chi connectivity index (χ3n) is 8.83. The topological polar surface area (TPSA) is 35.1 Å². The van der Waals surface area contributed by atoms with Crippen LogP contribution in [0.2, 0.25) is 0 Å². The second kappa shape index (κ2) is 10.7. The number of hydrogen-bond acceptors (Lipinski definition) is 2. The van der Waals surface area contributed by atoms with Gasteiger partial charge in [-0.05, 0) is 53.1 Å². The number of para-hydroxylation sites is 2. The first kappa shape index (κ1) is 26.2. The Labute approximate surface area is 266 Å². The first-order valence-corrected chi connectivity index (χ1v) is 15.5. The molecule has 4 nitrogen and oxygen atoms in total. The number of nitrogens with zero attached hydrogens (tertiary/aromatic N) is 4. The molecule has 0 saturated carbocycles. The predicted octanol–water partition coefficient (Wildman–Crippen LogP) is 10.5. The largest absolute Gasteiger partial charge is 0.309 e. The van der Waals surface area contributed by atoms with E-state index in [-0.39, 0.29) is 0 Å². The number of aromatic nitrogens is 4. The molecule has 0 spiro atoms. The molecule has 46 heavy (non-hydrogen) atoms. The molecule has 9 aromatic rings. The van der Waals surface area contributed by atoms with Crippen molar-refractivity contribution in [3.05, 3.63) is 170 Å². The van der Waals surface area contributed by atoms with Crippen LogP contribution in [-0.2, 0) is 0 Å². The summed E-state index contributed by atoms with van der Waals surface area (Å²) in [5.41, 5.74) is 13.0. The number of benzene rings is 6. The molecule has 0 radical (unpaired) electrons. The van der Waals surface area contributed by atoms with Gasteiger partial charge in [0.25, 0.3) is 0 Å². The molecule has 0 aliphatic rings. The van der Waals surface area contributed by atoms with Gasteiger partial charge in [0.1, 0.15) is 0 Å². The van der Waals surface area contributed by atoms with Crippen molar-refractivity contribution in [2.24, 2.45) is 0 Å². The van der Waals surface area contributed by atoms with Crippen LogP contribution in [0.5, 0.6) is 0 Å². The highest BCUT2D eigenvalue weighted by atomic mass is 15.3. The zero-order valence-corrected chi connectivity index (χ0v) is 25.0. The van der Waals surface area contributed by atoms with Gasteiger partial charge in [0.15, 0.2) is 5.65 Å². The van der Waals surface area contributed by atoms with E-state index in [0.29, 0.717) is 0 Å². The number of hydrogen-bond donors (Lipinski definition) is 0. The summed E-state index contributed by atoms with van der Waals surface area (Å²) < 4.78 is 4.31. The standard InChI is InChI=1S/C42H28N4/c1-4-12-31(13-5-1)38-27-41(32-14-6-2-7-15-32)46-42(44-38)37(28-43-46)30-22-20-29(21-23-30)33-24-25-40-36(26-33)35-18-10-11-19-39(35)45(40)34-16-8-3-9-17-34/h1-28H. The fraction of sp³-hybridized carbons (Fsp3) is 0. The van der Waals surface area contributed by atoms with Gasteiger partial charge in [-0.25, -0.2) is 9.50 Å². The lowest BCUT2D eigenvalue weighted by molar-refractivity contribution is 0.949. The van der Waals surface area contributed by atoms with Crippen LogP contribution in [0.15, 0.2) is 170 Å². The van der Waals surface area contributed by atoms with Gasteiger partial charge in [0.05, 0.1) is 28.6 Å². The van der Waals surface area contributed by atoms with Gasteiger partial charge >= 0.3 is 0 Å². The SMILES string of the molecule is c1ccc(-c2cc(-c3ccccc3)n3ncc(-c4ccc(-c5ccc6c(c5)c5ccccc5n6-c5ccccc5)cc4)c3n2)cc1. The van der Waals surface area contributed by atoms with Crippen molar-refractivity contribution in [3.8, 4) is 50.5 Å². The second-order valence-electron chi connectivity index (χ2n) is 11.5. The van der Waals surface area contributed by atoms with Crippen LogP contribution in [0.25, 0.3) is 77.9 Å². The molecule has 4 heteroatoms. The lowest BCUT2D eigenvalue weighted by atomic mass is 10.00. The van der Waals surface area contributed by atoms with Crippen LogP contribution >= 0.6 is 0 Å². The molecule has 0 saturated heterocycles. The molecule has 0 atom stereocenters. The van der Waals surface area contributed by atoms with Crippen molar-refractivity contribution < 1.29 is 0 Å². The molecule has 0 fully saturated rings. The third kappa shape index (κ3) is 4.31. The lowest BCUT2D eigenvalue weighted by Gasteiger charge is -2.10. The van der Waals surface area contributed by atoms with Crippen LogP contribution < -0.4 is 0 Å². The van der Waals surface area contributed by atoms with Crippen molar-refractivity contribution in [2.45, 2.75) is 0 Å². The van der Waals surface area contributed by atoms with Gasteiger partial charge < -0.3 is 4.57 Å². The van der Waals surface area contributed by atoms with E-state index >= 15 is 0 Å². The van der Waals surface area contributed by atoms with E-state index in [1.165, 1.54) is 38.6 Å². The highest BCUT2D eigenvalue weighted by Gasteiger charge is 2.16. The van der Waals surface area contributed by atoms with Crippen molar-refractivity contribution in [1.29, 1.82) is 0 Å². The van der Waals surface area contributed by atoms with Gasteiger partial charge in [-0.2, -0.15) is 5.10 Å². The zero-order chi connectivity index (χ0) is 30.5. The summed E-state index contributed by atoms with van der Waals surface area (Å²) in [5.74, 6) is 0. The summed E-state index contributed by atoms with van der Waals surface area (Å²) in [5, 5.41) is 7.32. The minimum atomic E-state index is 0.836. The van der Waals surface area contributed by atoms with E-state index in [9.17, 15) is 0 Å². The van der Waals surface area contributed by atoms with E-state index in [2.05, 4.69) is 156 Å². The maximum Gasteiger partial charge on any atom is 0.164 e. The van der Waals surface area contributed by atoms with Crippen LogP contribution in [0, 0.1) is 0 Å². The Morgan fingerprint density at radius 1 is 0.435 bits per heavy atom. The quantitative estimate of drug-likeness (QED) is 0.200. The van der Waals surface area contributed by atoms with Crippen molar-refractivity contribution in [2.75, 3.05) is 0 Å². The Morgan fingerprint density at radius 3 is 1.80 bits per heavy atom. The number of fused-ring (bicyclic) bond motifs is 4. The fourth-order valence-corrected chi connectivity index (χ4v) is 6.59. The van der Waals surface area contributed by atoms with Crippen LogP contribution in [-0.4, -0.2) is 19.2 Å². The molecule has 0 bridgehead atoms. The summed E-state index contributed by atoms with van der Waals surface area (Å²) in [6.07, 6.45) is 1.93. The van der Waals surface area contributed by atoms with E-state index < -0.39 is 0 Å². The Morgan fingerprint density at radius 2 is 1.04 bits per heavy atom. The highest BCUT2D eigenvalue weighted by molar-refractivity contribution is 6.10. The summed E-state index contributed by atoms with van der Waals surface area (Å²) in [4.78, 5) is 5.14. The average Bonchev–Trinajstić information content (AvgIpc) is 3.71. The molecular weight excluding hydrogens is 560 g/mol. The molecule has 9 rings (SSSR count). The van der Waals surface area contributed by atoms with Gasteiger partial charge in [-0.1, -0.05) is 127 Å². The molecule has 3 aromatic heterocycles. The van der Waals surface area contributed by atoms with Gasteiger partial charge in [0, 0.05) is 33.2 Å². The Hall–Kier alpha value is -6.26. The maximum atomic E-state index is 5.14. The third-order valence-corrected chi connectivity index (χ3v) is 8.83. The summed E-state index contributed by atoms with van der Waals surface area (Å²) >= 11 is 0. The highest BCUT2D eigenvalue weighted by Crippen LogP contribution is 2.36. The zero-order valence-electron chi connectivity index (χ0n) is 25.0. The maximum absolute atomic E-state index is 5.14. The molecule has 3 heterocycles. The van der Waals surface area contributed by atoms with Gasteiger partial charge in [-0.3, -0.25) is 0 Å². The fourth-order valence-electron chi connectivity index (χ4n) is 6.59. The molecule has 0 amide bonds. The first-order chi connectivity index (χ1) is 22.8. The molecular formula is C42H28N4. The molecule has 0 aliphatic heterocycles. The molecule has 0 aliphatic carbocycles. The Kier molecular flexibility index (Phi) is 6.10. The molecule has 216 valence electrons. The van der Waals surface area contributed by atoms with Gasteiger partial charge in [0.2, 0.25) is 0 Å². The monoisotopic (exact) mass is 588 g/mol. The first-order valence-electron chi connectivity index (χ1n) is 15.5. The summed E-state index contributed by atoms with van der Waals surface area (Å²) in [6, 6.07) is 57.7. The lowest BCUT2D eigenvalue weighted by Crippen LogP contribution is -1.98. The van der Waals surface area contributed by atoms with Crippen LogP contribution in [0.4, 0.5) is 0 Å². The smallest absolute Gasteiger partial charge is 0.164 e. The van der Waals surface area contributed by atoms with Gasteiger partial charge in [-0.15, -0.1) is 0 Å². The van der Waals surface area contributed by atoms with Crippen molar-refractivity contribution in [3.63, 3.8) is 0 Å². The predicted molar refractivity (Wildman–Crippen MR) is 189 cm³/mol. The minimum absolute atomic E-state index is 0.836. The average molecular weight is 589 g/mol. The van der Waals surface area contributed by atoms with E-state index in [0.717, 1.165) is 39.3 Å². The van der Waals surface area contributed by atoms with Crippen molar-refractivity contribution in [1.82, 2.24) is 19.2 Å². The molecule has 0 N–H and O–H groups in total. The number of rotatable bonds is 5. The van der Waals surface area contributed by atoms with Crippen LogP contribution in [0.3, 0.4) is 0 Å². The van der Waals surface area contributed by atoms with E-state index in [4.69, 9.17) is 10.1 Å². The van der Waals surface area contributed by atoms with Crippen molar-refractivity contribution >= 4 is 27.5 Å². The molecule has 6 aromatic carbocycles. The second-order valence-corrected chi connectivity index (χ2v) is 11.5. The molecule has 0 unspecified atom stereocenters. The normalized spacial score (nSPS) is 11.5. The summed E-state index contributed by atoms with van der Waals surface area (Å²) in [7, 11) is 0. The Bertz CT molecular complexity index is 2490. The van der Waals surface area contributed by atoms with Crippen LogP contribution in [0.1, 0.15) is 0 Å². The Balaban J connectivity index is 1.15. The summed E-state index contributed by atoms with van der Waals surface area (Å²) in [6.45, 7) is 0. The minimum Gasteiger partial charge on any atom is -0.309 e. The van der Waals surface area contributed by atoms with E-state index in [1.807, 2.05) is 22.8 Å². The van der Waals surface area contributed by atoms with E-state index in [1.54, 1.807) is 0 Å².